The van der Waals surface area contributed by atoms with Crippen molar-refractivity contribution in [2.24, 2.45) is 0 Å². The summed E-state index contributed by atoms with van der Waals surface area (Å²) in [5.41, 5.74) is 8.77. The van der Waals surface area contributed by atoms with Crippen LogP contribution in [0.5, 0.6) is 0 Å². The number of hydrogen-bond acceptors (Lipinski definition) is 2. The molecule has 2 aromatic carbocycles. The minimum Gasteiger partial charge on any atom is -0.399 e. The molecular formula is C14H12INO. The lowest BCUT2D eigenvalue weighted by Crippen LogP contribution is -2.02. The maximum Gasteiger partial charge on any atom is 0.193 e. The van der Waals surface area contributed by atoms with Gasteiger partial charge in [-0.1, -0.05) is 12.1 Å². The van der Waals surface area contributed by atoms with Gasteiger partial charge in [-0.3, -0.25) is 4.79 Å². The number of aryl methyl sites for hydroxylation is 1. The van der Waals surface area contributed by atoms with Crippen molar-refractivity contribution in [3.8, 4) is 0 Å². The quantitative estimate of drug-likeness (QED) is 0.518. The molecule has 86 valence electrons. The molecule has 0 aliphatic carbocycles. The second kappa shape index (κ2) is 4.87. The molecule has 0 atom stereocenters. The highest BCUT2D eigenvalue weighted by molar-refractivity contribution is 14.1. The van der Waals surface area contributed by atoms with Crippen molar-refractivity contribution in [2.75, 3.05) is 5.73 Å². The predicted molar refractivity (Wildman–Crippen MR) is 78.2 cm³/mol. The molecule has 2 N–H and O–H groups in total. The number of anilines is 1. The van der Waals surface area contributed by atoms with Gasteiger partial charge >= 0.3 is 0 Å². The second-order valence-corrected chi connectivity index (χ2v) is 5.16. The number of halogens is 1. The average molecular weight is 337 g/mol. The molecule has 0 amide bonds. The van der Waals surface area contributed by atoms with Gasteiger partial charge in [0.15, 0.2) is 5.78 Å². The molecule has 2 nitrogen and oxygen atoms in total. The van der Waals surface area contributed by atoms with Crippen LogP contribution in [0.25, 0.3) is 0 Å². The lowest BCUT2D eigenvalue weighted by molar-refractivity contribution is 0.103. The third kappa shape index (κ3) is 2.66. The van der Waals surface area contributed by atoms with E-state index in [4.69, 9.17) is 5.73 Å². The Morgan fingerprint density at radius 2 is 1.82 bits per heavy atom. The Morgan fingerprint density at radius 1 is 1.12 bits per heavy atom. The van der Waals surface area contributed by atoms with Crippen LogP contribution in [0.4, 0.5) is 5.69 Å². The van der Waals surface area contributed by atoms with Crippen molar-refractivity contribution in [2.45, 2.75) is 6.92 Å². The summed E-state index contributed by atoms with van der Waals surface area (Å²) in [6.07, 6.45) is 0. The Labute approximate surface area is 114 Å². The van der Waals surface area contributed by atoms with Crippen LogP contribution in [0.3, 0.4) is 0 Å². The Morgan fingerprint density at radius 3 is 2.47 bits per heavy atom. The van der Waals surface area contributed by atoms with Gasteiger partial charge in [-0.25, -0.2) is 0 Å². The number of nitrogen functional groups attached to an aromatic ring is 1. The van der Waals surface area contributed by atoms with Gasteiger partial charge in [0.2, 0.25) is 0 Å². The molecule has 17 heavy (non-hydrogen) atoms. The fourth-order valence-corrected chi connectivity index (χ4v) is 2.16. The van der Waals surface area contributed by atoms with Crippen LogP contribution in [0, 0.1) is 10.5 Å². The van der Waals surface area contributed by atoms with E-state index in [1.54, 1.807) is 12.1 Å². The zero-order chi connectivity index (χ0) is 12.4. The van der Waals surface area contributed by atoms with Gasteiger partial charge in [-0.05, 0) is 65.4 Å². The van der Waals surface area contributed by atoms with Gasteiger partial charge in [-0.2, -0.15) is 0 Å². The molecule has 2 aromatic rings. The molecule has 0 aliphatic rings. The predicted octanol–water partition coefficient (Wildman–Crippen LogP) is 3.41. The zero-order valence-electron chi connectivity index (χ0n) is 9.41. The zero-order valence-corrected chi connectivity index (χ0v) is 11.6. The van der Waals surface area contributed by atoms with Crippen molar-refractivity contribution in [1.29, 1.82) is 0 Å². The smallest absolute Gasteiger partial charge is 0.193 e. The van der Waals surface area contributed by atoms with Crippen LogP contribution in [0.15, 0.2) is 42.5 Å². The number of nitrogens with two attached hydrogens (primary N) is 1. The summed E-state index contributed by atoms with van der Waals surface area (Å²) in [5.74, 6) is 0.0339. The minimum atomic E-state index is 0.0339. The Balaban J connectivity index is 2.40. The maximum absolute atomic E-state index is 12.2. The summed E-state index contributed by atoms with van der Waals surface area (Å²) in [6, 6.07) is 12.9. The fourth-order valence-electron chi connectivity index (χ4n) is 1.61. The third-order valence-corrected chi connectivity index (χ3v) is 3.29. The van der Waals surface area contributed by atoms with Gasteiger partial charge in [0.25, 0.3) is 0 Å². The number of ketones is 1. The lowest BCUT2D eigenvalue weighted by Gasteiger charge is -2.05. The van der Waals surface area contributed by atoms with E-state index in [1.807, 2.05) is 37.3 Å². The van der Waals surface area contributed by atoms with E-state index in [0.29, 0.717) is 16.8 Å². The summed E-state index contributed by atoms with van der Waals surface area (Å²) < 4.78 is 1.06. The van der Waals surface area contributed by atoms with Gasteiger partial charge in [0.1, 0.15) is 0 Å². The maximum atomic E-state index is 12.2. The highest BCUT2D eigenvalue weighted by Crippen LogP contribution is 2.17. The van der Waals surface area contributed by atoms with Crippen molar-refractivity contribution < 1.29 is 4.79 Å². The average Bonchev–Trinajstić information content (AvgIpc) is 2.32. The molecule has 0 aliphatic heterocycles. The topological polar surface area (TPSA) is 43.1 Å². The molecule has 0 unspecified atom stereocenters. The highest BCUT2D eigenvalue weighted by Gasteiger charge is 2.09. The number of rotatable bonds is 2. The fraction of sp³-hybridized carbons (Fsp3) is 0.0714. The van der Waals surface area contributed by atoms with Crippen LogP contribution in [-0.4, -0.2) is 5.78 Å². The molecule has 0 heterocycles. The summed E-state index contributed by atoms with van der Waals surface area (Å²) in [7, 11) is 0. The Bertz CT molecular complexity index is 578. The van der Waals surface area contributed by atoms with Gasteiger partial charge < -0.3 is 5.73 Å². The number of carbonyl (C=O) groups excluding carboxylic acids is 1. The standard InChI is InChI=1S/C14H12INO/c1-9-7-11(5-6-13(9)16)14(17)10-3-2-4-12(15)8-10/h2-8H,16H2,1H3. The van der Waals surface area contributed by atoms with E-state index in [0.717, 1.165) is 9.13 Å². The first-order chi connectivity index (χ1) is 8.08. The van der Waals surface area contributed by atoms with E-state index in [9.17, 15) is 4.79 Å². The molecule has 0 aromatic heterocycles. The number of benzene rings is 2. The molecule has 0 spiro atoms. The monoisotopic (exact) mass is 337 g/mol. The molecule has 0 fully saturated rings. The third-order valence-electron chi connectivity index (χ3n) is 2.62. The molecule has 3 heteroatoms. The summed E-state index contributed by atoms with van der Waals surface area (Å²) >= 11 is 2.20. The van der Waals surface area contributed by atoms with Crippen molar-refractivity contribution in [1.82, 2.24) is 0 Å². The van der Waals surface area contributed by atoms with Crippen LogP contribution in [-0.2, 0) is 0 Å². The van der Waals surface area contributed by atoms with E-state index in [2.05, 4.69) is 22.6 Å². The van der Waals surface area contributed by atoms with Crippen molar-refractivity contribution in [3.63, 3.8) is 0 Å². The highest BCUT2D eigenvalue weighted by atomic mass is 127. The van der Waals surface area contributed by atoms with E-state index < -0.39 is 0 Å². The SMILES string of the molecule is Cc1cc(C(=O)c2cccc(I)c2)ccc1N. The van der Waals surface area contributed by atoms with Gasteiger partial charge in [-0.15, -0.1) is 0 Å². The largest absolute Gasteiger partial charge is 0.399 e. The second-order valence-electron chi connectivity index (χ2n) is 3.91. The molecule has 0 bridgehead atoms. The molecule has 0 radical (unpaired) electrons. The van der Waals surface area contributed by atoms with Crippen LogP contribution in [0.2, 0.25) is 0 Å². The lowest BCUT2D eigenvalue weighted by atomic mass is 10.0. The number of carbonyl (C=O) groups is 1. The number of hydrogen-bond donors (Lipinski definition) is 1. The Hall–Kier alpha value is -1.36. The van der Waals surface area contributed by atoms with E-state index in [1.165, 1.54) is 0 Å². The van der Waals surface area contributed by atoms with E-state index >= 15 is 0 Å². The first-order valence-electron chi connectivity index (χ1n) is 5.24. The summed E-state index contributed by atoms with van der Waals surface area (Å²) in [5, 5.41) is 0. The van der Waals surface area contributed by atoms with Crippen LogP contribution in [0.1, 0.15) is 21.5 Å². The Kier molecular flexibility index (Phi) is 3.47. The van der Waals surface area contributed by atoms with Crippen molar-refractivity contribution in [3.05, 3.63) is 62.7 Å². The summed E-state index contributed by atoms with van der Waals surface area (Å²) in [4.78, 5) is 12.2. The molecule has 0 saturated heterocycles. The summed E-state index contributed by atoms with van der Waals surface area (Å²) in [6.45, 7) is 1.90. The van der Waals surface area contributed by atoms with Crippen LogP contribution >= 0.6 is 22.6 Å². The van der Waals surface area contributed by atoms with E-state index in [-0.39, 0.29) is 5.78 Å². The minimum absolute atomic E-state index is 0.0339. The van der Waals surface area contributed by atoms with Crippen LogP contribution < -0.4 is 5.73 Å². The normalized spacial score (nSPS) is 10.2. The first kappa shape index (κ1) is 12.1. The molecule has 0 saturated carbocycles. The van der Waals surface area contributed by atoms with Gasteiger partial charge in [0.05, 0.1) is 0 Å². The van der Waals surface area contributed by atoms with Gasteiger partial charge in [0, 0.05) is 20.4 Å². The first-order valence-corrected chi connectivity index (χ1v) is 6.32. The molecular weight excluding hydrogens is 325 g/mol. The molecule has 2 rings (SSSR count). The van der Waals surface area contributed by atoms with Crippen molar-refractivity contribution >= 4 is 34.1 Å².